The van der Waals surface area contributed by atoms with Crippen LogP contribution >= 0.6 is 0 Å². The number of hydrogen-bond donors (Lipinski definition) is 0. The first-order chi connectivity index (χ1) is 7.78. The van der Waals surface area contributed by atoms with E-state index in [1.54, 1.807) is 0 Å². The van der Waals surface area contributed by atoms with E-state index in [1.807, 2.05) is 0 Å². The van der Waals surface area contributed by atoms with Crippen LogP contribution in [0, 0.1) is 0 Å². The van der Waals surface area contributed by atoms with Gasteiger partial charge < -0.3 is 9.64 Å². The van der Waals surface area contributed by atoms with Gasteiger partial charge in [0, 0.05) is 13.0 Å². The van der Waals surface area contributed by atoms with Crippen LogP contribution in [0.15, 0.2) is 0 Å². The molecule has 17 heavy (non-hydrogen) atoms. The molecular weight excluding hydrogens is 246 g/mol. The lowest BCUT2D eigenvalue weighted by atomic mass is 10.1. The molecule has 1 fully saturated rings. The van der Waals surface area contributed by atoms with E-state index in [-0.39, 0.29) is 17.4 Å². The van der Waals surface area contributed by atoms with Gasteiger partial charge in [-0.15, -0.1) is 0 Å². The molecule has 0 N–H and O–H groups in total. The van der Waals surface area contributed by atoms with Crippen molar-refractivity contribution in [2.45, 2.75) is 32.4 Å². The van der Waals surface area contributed by atoms with E-state index in [0.29, 0.717) is 6.42 Å². The second-order valence-electron chi connectivity index (χ2n) is 4.18. The summed E-state index contributed by atoms with van der Waals surface area (Å²) in [5.74, 6) is -0.863. The maximum Gasteiger partial charge on any atom is 0.328 e. The van der Waals surface area contributed by atoms with E-state index in [0.717, 1.165) is 0 Å². The van der Waals surface area contributed by atoms with Crippen LogP contribution in [0.25, 0.3) is 0 Å². The molecule has 0 unspecified atom stereocenters. The van der Waals surface area contributed by atoms with E-state index in [4.69, 9.17) is 0 Å². The zero-order valence-electron chi connectivity index (χ0n) is 10.2. The lowest BCUT2D eigenvalue weighted by molar-refractivity contribution is -0.152. The van der Waals surface area contributed by atoms with E-state index in [9.17, 15) is 18.0 Å². The smallest absolute Gasteiger partial charge is 0.328 e. The average molecular weight is 263 g/mol. The molecule has 1 saturated heterocycles. The standard InChI is InChI=1S/C10H17NO5S/c1-7(10(13)16-3)11(8(2)12)9-4-5-17(14,15)6-9/h7,9H,4-6H2,1-3H3/t7-,9-/m0/s1. The molecule has 1 heterocycles. The summed E-state index contributed by atoms with van der Waals surface area (Å²) in [4.78, 5) is 24.2. The Hall–Kier alpha value is -1.11. The van der Waals surface area contributed by atoms with Crippen molar-refractivity contribution >= 4 is 21.7 Å². The van der Waals surface area contributed by atoms with Crippen molar-refractivity contribution in [2.24, 2.45) is 0 Å². The Morgan fingerprint density at radius 3 is 2.35 bits per heavy atom. The number of carbonyl (C=O) groups excluding carboxylic acids is 2. The lowest BCUT2D eigenvalue weighted by Crippen LogP contribution is -2.49. The van der Waals surface area contributed by atoms with Crippen molar-refractivity contribution in [3.63, 3.8) is 0 Å². The molecule has 0 saturated carbocycles. The number of methoxy groups -OCH3 is 1. The van der Waals surface area contributed by atoms with Crippen molar-refractivity contribution in [1.82, 2.24) is 4.90 Å². The minimum atomic E-state index is -3.09. The quantitative estimate of drug-likeness (QED) is 0.646. The highest BCUT2D eigenvalue weighted by Crippen LogP contribution is 2.20. The van der Waals surface area contributed by atoms with Gasteiger partial charge in [0.1, 0.15) is 6.04 Å². The monoisotopic (exact) mass is 263 g/mol. The molecule has 0 aromatic rings. The SMILES string of the molecule is COC(=O)[C@H](C)N(C(C)=O)[C@H]1CCS(=O)(=O)C1. The van der Waals surface area contributed by atoms with E-state index in [1.165, 1.54) is 25.9 Å². The number of rotatable bonds is 3. The molecule has 0 aromatic carbocycles. The fourth-order valence-electron chi connectivity index (χ4n) is 2.12. The summed E-state index contributed by atoms with van der Waals surface area (Å²) in [7, 11) is -1.85. The highest BCUT2D eigenvalue weighted by Gasteiger charge is 2.38. The fraction of sp³-hybridized carbons (Fsp3) is 0.800. The first kappa shape index (κ1) is 14.0. The zero-order chi connectivity index (χ0) is 13.2. The van der Waals surface area contributed by atoms with Gasteiger partial charge in [0.25, 0.3) is 0 Å². The molecule has 1 aliphatic heterocycles. The minimum absolute atomic E-state index is 0.0648. The molecular formula is C10H17NO5S. The Morgan fingerprint density at radius 1 is 1.41 bits per heavy atom. The molecule has 0 radical (unpaired) electrons. The highest BCUT2D eigenvalue weighted by molar-refractivity contribution is 7.91. The second-order valence-corrected chi connectivity index (χ2v) is 6.41. The molecule has 0 spiro atoms. The Kier molecular flexibility index (Phi) is 4.13. The first-order valence-electron chi connectivity index (χ1n) is 5.35. The van der Waals surface area contributed by atoms with Crippen LogP contribution < -0.4 is 0 Å². The third-order valence-corrected chi connectivity index (χ3v) is 4.68. The summed E-state index contributed by atoms with van der Waals surface area (Å²) < 4.78 is 27.3. The number of sulfone groups is 1. The number of nitrogens with zero attached hydrogens (tertiary/aromatic N) is 1. The van der Waals surface area contributed by atoms with E-state index >= 15 is 0 Å². The van der Waals surface area contributed by atoms with Gasteiger partial charge in [-0.2, -0.15) is 0 Å². The van der Waals surface area contributed by atoms with Crippen LogP contribution in [-0.2, 0) is 24.2 Å². The summed E-state index contributed by atoms with van der Waals surface area (Å²) in [6.07, 6.45) is 0.378. The summed E-state index contributed by atoms with van der Waals surface area (Å²) in [6.45, 7) is 2.86. The summed E-state index contributed by atoms with van der Waals surface area (Å²) in [5, 5.41) is 0. The molecule has 6 nitrogen and oxygen atoms in total. The van der Waals surface area contributed by atoms with Gasteiger partial charge in [0.2, 0.25) is 5.91 Å². The van der Waals surface area contributed by atoms with Gasteiger partial charge in [0.15, 0.2) is 9.84 Å². The van der Waals surface area contributed by atoms with Gasteiger partial charge in [-0.25, -0.2) is 13.2 Å². The Bertz CT molecular complexity index is 416. The summed E-state index contributed by atoms with van der Waals surface area (Å²) in [6, 6.07) is -1.18. The number of ether oxygens (including phenoxy) is 1. The van der Waals surface area contributed by atoms with Crippen LogP contribution in [0.2, 0.25) is 0 Å². The maximum absolute atomic E-state index is 11.5. The molecule has 2 atom stereocenters. The zero-order valence-corrected chi connectivity index (χ0v) is 11.0. The third kappa shape index (κ3) is 3.18. The second kappa shape index (κ2) is 5.03. The highest BCUT2D eigenvalue weighted by atomic mass is 32.2. The van der Waals surface area contributed by atoms with Crippen LogP contribution in [0.4, 0.5) is 0 Å². The van der Waals surface area contributed by atoms with Gasteiger partial charge in [-0.1, -0.05) is 0 Å². The van der Waals surface area contributed by atoms with Crippen molar-refractivity contribution in [1.29, 1.82) is 0 Å². The minimum Gasteiger partial charge on any atom is -0.467 e. The molecule has 1 aliphatic rings. The fourth-order valence-corrected chi connectivity index (χ4v) is 3.84. The van der Waals surface area contributed by atoms with Crippen LogP contribution in [0.1, 0.15) is 20.3 Å². The van der Waals surface area contributed by atoms with Crippen LogP contribution in [0.5, 0.6) is 0 Å². The largest absolute Gasteiger partial charge is 0.467 e. The Morgan fingerprint density at radius 2 is 2.00 bits per heavy atom. The molecule has 0 aliphatic carbocycles. The number of esters is 1. The van der Waals surface area contributed by atoms with Gasteiger partial charge in [-0.05, 0) is 13.3 Å². The first-order valence-corrected chi connectivity index (χ1v) is 7.18. The molecule has 0 aromatic heterocycles. The van der Waals surface area contributed by atoms with Crippen molar-refractivity contribution in [3.05, 3.63) is 0 Å². The lowest BCUT2D eigenvalue weighted by Gasteiger charge is -2.31. The van der Waals surface area contributed by atoms with Crippen molar-refractivity contribution in [2.75, 3.05) is 18.6 Å². The molecule has 1 amide bonds. The Balaban J connectivity index is 2.88. The Labute approximate surface area is 101 Å². The van der Waals surface area contributed by atoms with Gasteiger partial charge in [0.05, 0.1) is 18.6 Å². The van der Waals surface area contributed by atoms with Crippen molar-refractivity contribution < 1.29 is 22.7 Å². The van der Waals surface area contributed by atoms with Crippen molar-refractivity contribution in [3.8, 4) is 0 Å². The maximum atomic E-state index is 11.5. The number of amides is 1. The third-order valence-electron chi connectivity index (χ3n) is 2.92. The molecule has 0 bridgehead atoms. The molecule has 1 rings (SSSR count). The molecule has 7 heteroatoms. The van der Waals surface area contributed by atoms with Crippen LogP contribution in [-0.4, -0.2) is 55.9 Å². The number of carbonyl (C=O) groups is 2. The van der Waals surface area contributed by atoms with E-state index in [2.05, 4.69) is 4.74 Å². The normalized spacial score (nSPS) is 24.1. The summed E-state index contributed by atoms with van der Waals surface area (Å²) >= 11 is 0. The topological polar surface area (TPSA) is 80.8 Å². The van der Waals surface area contributed by atoms with Crippen LogP contribution in [0.3, 0.4) is 0 Å². The predicted molar refractivity (Wildman–Crippen MR) is 61.1 cm³/mol. The van der Waals surface area contributed by atoms with Gasteiger partial charge in [-0.3, -0.25) is 4.79 Å². The summed E-state index contributed by atoms with van der Waals surface area (Å²) in [5.41, 5.74) is 0. The van der Waals surface area contributed by atoms with Gasteiger partial charge >= 0.3 is 5.97 Å². The molecule has 98 valence electrons. The predicted octanol–water partition coefficient (Wildman–Crippen LogP) is -0.416. The van der Waals surface area contributed by atoms with E-state index < -0.39 is 27.9 Å². The number of hydrogen-bond acceptors (Lipinski definition) is 5. The average Bonchev–Trinajstić information content (AvgIpc) is 2.57.